The van der Waals surface area contributed by atoms with Crippen LogP contribution in [0.4, 0.5) is 0 Å². The quantitative estimate of drug-likeness (QED) is 0.359. The van der Waals surface area contributed by atoms with E-state index in [0.29, 0.717) is 42.5 Å². The monoisotopic (exact) mass is 504 g/mol. The van der Waals surface area contributed by atoms with Gasteiger partial charge in [-0.05, 0) is 55.5 Å². The van der Waals surface area contributed by atoms with Crippen LogP contribution < -0.4 is 10.1 Å². The highest BCUT2D eigenvalue weighted by molar-refractivity contribution is 6.42. The molecule has 0 bridgehead atoms. The molecular formula is C27H34Cl2N2O3. The summed E-state index contributed by atoms with van der Waals surface area (Å²) in [5, 5.41) is 4.09. The van der Waals surface area contributed by atoms with Gasteiger partial charge in [0.05, 0.1) is 16.7 Å². The molecule has 0 unspecified atom stereocenters. The zero-order valence-electron chi connectivity index (χ0n) is 19.8. The summed E-state index contributed by atoms with van der Waals surface area (Å²) in [5.41, 5.74) is 0.840. The minimum absolute atomic E-state index is 0.0756. The molecule has 184 valence electrons. The molecule has 1 saturated carbocycles. The Morgan fingerprint density at radius 2 is 1.79 bits per heavy atom. The van der Waals surface area contributed by atoms with Gasteiger partial charge in [0.25, 0.3) is 0 Å². The van der Waals surface area contributed by atoms with Gasteiger partial charge in [-0.2, -0.15) is 0 Å². The minimum atomic E-state index is -0.543. The van der Waals surface area contributed by atoms with Crippen LogP contribution in [0, 0.1) is 0 Å². The highest BCUT2D eigenvalue weighted by Crippen LogP contribution is 2.25. The first-order valence-electron chi connectivity index (χ1n) is 12.2. The molecular weight excluding hydrogens is 471 g/mol. The third-order valence-corrected chi connectivity index (χ3v) is 6.96. The first-order chi connectivity index (χ1) is 16.5. The Labute approximate surface area is 212 Å². The SMILES string of the molecule is CC[C@H](C(=O)NC1CCCCC1)N(Cc1ccc(Cl)c(Cl)c1)C(=O)CCCOc1ccccc1. The molecule has 0 spiro atoms. The van der Waals surface area contributed by atoms with Gasteiger partial charge < -0.3 is 15.0 Å². The Balaban J connectivity index is 1.67. The van der Waals surface area contributed by atoms with Crippen LogP contribution >= 0.6 is 23.2 Å². The van der Waals surface area contributed by atoms with Gasteiger partial charge in [-0.25, -0.2) is 0 Å². The Morgan fingerprint density at radius 1 is 1.06 bits per heavy atom. The molecule has 1 atom stereocenters. The molecule has 0 aliphatic heterocycles. The van der Waals surface area contributed by atoms with E-state index in [9.17, 15) is 9.59 Å². The maximum atomic E-state index is 13.3. The van der Waals surface area contributed by atoms with Crippen molar-refractivity contribution >= 4 is 35.0 Å². The number of carbonyl (C=O) groups is 2. The summed E-state index contributed by atoms with van der Waals surface area (Å²) >= 11 is 12.3. The first kappa shape index (κ1) is 26.4. The van der Waals surface area contributed by atoms with Crippen LogP contribution in [-0.4, -0.2) is 35.4 Å². The molecule has 1 fully saturated rings. The second-order valence-corrected chi connectivity index (χ2v) is 9.62. The lowest BCUT2D eigenvalue weighted by atomic mass is 9.95. The topological polar surface area (TPSA) is 58.6 Å². The molecule has 1 aliphatic carbocycles. The lowest BCUT2D eigenvalue weighted by molar-refractivity contribution is -0.142. The van der Waals surface area contributed by atoms with Crippen molar-refractivity contribution in [2.45, 2.75) is 76.9 Å². The number of benzene rings is 2. The maximum absolute atomic E-state index is 13.3. The summed E-state index contributed by atoms with van der Waals surface area (Å²) < 4.78 is 5.74. The number of hydrogen-bond donors (Lipinski definition) is 1. The van der Waals surface area contributed by atoms with Gasteiger partial charge in [0.2, 0.25) is 11.8 Å². The van der Waals surface area contributed by atoms with Crippen LogP contribution in [0.2, 0.25) is 10.0 Å². The van der Waals surface area contributed by atoms with E-state index in [1.54, 1.807) is 17.0 Å². The van der Waals surface area contributed by atoms with Gasteiger partial charge in [0.15, 0.2) is 0 Å². The fourth-order valence-electron chi connectivity index (χ4n) is 4.37. The van der Waals surface area contributed by atoms with Crippen LogP contribution in [0.25, 0.3) is 0 Å². The first-order valence-corrected chi connectivity index (χ1v) is 12.9. The number of ether oxygens (including phenoxy) is 1. The summed E-state index contributed by atoms with van der Waals surface area (Å²) in [5.74, 6) is 0.623. The van der Waals surface area contributed by atoms with Gasteiger partial charge in [-0.3, -0.25) is 9.59 Å². The van der Waals surface area contributed by atoms with E-state index in [4.69, 9.17) is 27.9 Å². The molecule has 2 aromatic carbocycles. The number of nitrogens with zero attached hydrogens (tertiary/aromatic N) is 1. The molecule has 3 rings (SSSR count). The van der Waals surface area contributed by atoms with E-state index in [-0.39, 0.29) is 17.9 Å². The summed E-state index contributed by atoms with van der Waals surface area (Å²) in [6.07, 6.45) is 6.87. The van der Waals surface area contributed by atoms with Crippen LogP contribution in [0.3, 0.4) is 0 Å². The van der Waals surface area contributed by atoms with Gasteiger partial charge in [0.1, 0.15) is 11.8 Å². The van der Waals surface area contributed by atoms with Crippen LogP contribution in [0.5, 0.6) is 5.75 Å². The van der Waals surface area contributed by atoms with Crippen molar-refractivity contribution in [3.05, 3.63) is 64.1 Å². The molecule has 1 aliphatic rings. The van der Waals surface area contributed by atoms with E-state index < -0.39 is 6.04 Å². The van der Waals surface area contributed by atoms with E-state index in [0.717, 1.165) is 37.0 Å². The fourth-order valence-corrected chi connectivity index (χ4v) is 4.69. The average molecular weight is 505 g/mol. The number of nitrogens with one attached hydrogen (secondary N) is 1. The zero-order chi connectivity index (χ0) is 24.3. The van der Waals surface area contributed by atoms with Crippen LogP contribution in [0.15, 0.2) is 48.5 Å². The Kier molecular flexibility index (Phi) is 10.5. The summed E-state index contributed by atoms with van der Waals surface area (Å²) in [6, 6.07) is 14.5. The highest BCUT2D eigenvalue weighted by Gasteiger charge is 2.30. The predicted molar refractivity (Wildman–Crippen MR) is 137 cm³/mol. The molecule has 0 heterocycles. The second-order valence-electron chi connectivity index (χ2n) is 8.80. The largest absolute Gasteiger partial charge is 0.494 e. The molecule has 0 aromatic heterocycles. The number of halogens is 2. The van der Waals surface area contributed by atoms with Crippen LogP contribution in [-0.2, 0) is 16.1 Å². The fraction of sp³-hybridized carbons (Fsp3) is 0.481. The number of rotatable bonds is 11. The molecule has 7 heteroatoms. The third kappa shape index (κ3) is 7.92. The standard InChI is InChI=1S/C27H34Cl2N2O3/c1-2-25(27(33)30-21-10-5-3-6-11-21)31(19-20-15-16-23(28)24(29)18-20)26(32)14-9-17-34-22-12-7-4-8-13-22/h4,7-8,12-13,15-16,18,21,25H,2-3,5-6,9-11,14,17,19H2,1H3,(H,30,33)/t25-/m1/s1. The van der Waals surface area contributed by atoms with Crippen molar-refractivity contribution in [3.63, 3.8) is 0 Å². The average Bonchev–Trinajstić information content (AvgIpc) is 2.85. The lowest BCUT2D eigenvalue weighted by Crippen LogP contribution is -2.51. The zero-order valence-corrected chi connectivity index (χ0v) is 21.3. The van der Waals surface area contributed by atoms with E-state index >= 15 is 0 Å². The molecule has 5 nitrogen and oxygen atoms in total. The maximum Gasteiger partial charge on any atom is 0.243 e. The van der Waals surface area contributed by atoms with Crippen molar-refractivity contribution in [2.75, 3.05) is 6.61 Å². The van der Waals surface area contributed by atoms with Gasteiger partial charge in [-0.15, -0.1) is 0 Å². The molecule has 2 aromatic rings. The summed E-state index contributed by atoms with van der Waals surface area (Å²) in [7, 11) is 0. The van der Waals surface area contributed by atoms with E-state index in [1.165, 1.54) is 6.42 Å². The molecule has 0 saturated heterocycles. The number of hydrogen-bond acceptors (Lipinski definition) is 3. The number of amides is 2. The number of carbonyl (C=O) groups excluding carboxylic acids is 2. The van der Waals surface area contributed by atoms with Crippen molar-refractivity contribution in [1.82, 2.24) is 10.2 Å². The second kappa shape index (κ2) is 13.6. The Bertz CT molecular complexity index is 933. The smallest absolute Gasteiger partial charge is 0.243 e. The molecule has 2 amide bonds. The van der Waals surface area contributed by atoms with E-state index in [2.05, 4.69) is 5.32 Å². The van der Waals surface area contributed by atoms with Gasteiger partial charge in [0, 0.05) is 19.0 Å². The normalized spacial score (nSPS) is 14.9. The number of para-hydroxylation sites is 1. The van der Waals surface area contributed by atoms with E-state index in [1.807, 2.05) is 43.3 Å². The highest BCUT2D eigenvalue weighted by atomic mass is 35.5. The predicted octanol–water partition coefficient (Wildman–Crippen LogP) is 6.41. The Morgan fingerprint density at radius 3 is 2.47 bits per heavy atom. The molecule has 1 N–H and O–H groups in total. The lowest BCUT2D eigenvalue weighted by Gasteiger charge is -2.33. The van der Waals surface area contributed by atoms with Gasteiger partial charge in [-0.1, -0.05) is 73.7 Å². The van der Waals surface area contributed by atoms with Crippen molar-refractivity contribution in [3.8, 4) is 5.75 Å². The Hall–Kier alpha value is -2.24. The summed E-state index contributed by atoms with van der Waals surface area (Å²) in [4.78, 5) is 28.3. The van der Waals surface area contributed by atoms with Crippen molar-refractivity contribution in [1.29, 1.82) is 0 Å². The minimum Gasteiger partial charge on any atom is -0.494 e. The summed E-state index contributed by atoms with van der Waals surface area (Å²) in [6.45, 7) is 2.67. The van der Waals surface area contributed by atoms with Crippen molar-refractivity contribution in [2.24, 2.45) is 0 Å². The molecule has 34 heavy (non-hydrogen) atoms. The van der Waals surface area contributed by atoms with Crippen molar-refractivity contribution < 1.29 is 14.3 Å². The van der Waals surface area contributed by atoms with Gasteiger partial charge >= 0.3 is 0 Å². The third-order valence-electron chi connectivity index (χ3n) is 6.22. The molecule has 0 radical (unpaired) electrons. The van der Waals surface area contributed by atoms with Crippen LogP contribution in [0.1, 0.15) is 63.9 Å².